The molecule has 0 aliphatic carbocycles. The number of aromatic nitrogens is 4. The third kappa shape index (κ3) is 4.86. The van der Waals surface area contributed by atoms with E-state index in [1.54, 1.807) is 0 Å². The van der Waals surface area contributed by atoms with Crippen LogP contribution in [0, 0.1) is 20.8 Å². The Balaban J connectivity index is 1.55. The van der Waals surface area contributed by atoms with Crippen molar-refractivity contribution in [3.63, 3.8) is 0 Å². The normalized spacial score (nSPS) is 11.0. The van der Waals surface area contributed by atoms with Gasteiger partial charge in [-0.2, -0.15) is 10.2 Å². The maximum absolute atomic E-state index is 12.4. The lowest BCUT2D eigenvalue weighted by atomic mass is 10.1. The van der Waals surface area contributed by atoms with Crippen LogP contribution in [-0.2, 0) is 13.1 Å². The molecule has 2 heterocycles. The Kier molecular flexibility index (Phi) is 6.11. The van der Waals surface area contributed by atoms with Crippen molar-refractivity contribution >= 4 is 21.8 Å². The van der Waals surface area contributed by atoms with E-state index in [1.165, 1.54) is 0 Å². The zero-order valence-corrected chi connectivity index (χ0v) is 17.5. The van der Waals surface area contributed by atoms with Gasteiger partial charge in [0.05, 0.1) is 28.6 Å². The van der Waals surface area contributed by atoms with E-state index in [0.29, 0.717) is 18.7 Å². The highest BCUT2D eigenvalue weighted by Crippen LogP contribution is 2.20. The second kappa shape index (κ2) is 8.52. The molecule has 0 unspecified atom stereocenters. The first kappa shape index (κ1) is 19.4. The molecule has 0 spiro atoms. The van der Waals surface area contributed by atoms with E-state index >= 15 is 0 Å². The Labute approximate surface area is 167 Å². The number of hydrogen-bond acceptors (Lipinski definition) is 3. The minimum absolute atomic E-state index is 0.0527. The third-order valence-electron chi connectivity index (χ3n) is 4.43. The maximum Gasteiger partial charge on any atom is 0.251 e. The summed E-state index contributed by atoms with van der Waals surface area (Å²) in [5, 5.41) is 11.8. The van der Waals surface area contributed by atoms with Crippen LogP contribution in [0.15, 0.2) is 41.1 Å². The number of rotatable bonds is 7. The summed E-state index contributed by atoms with van der Waals surface area (Å²) < 4.78 is 4.88. The molecule has 0 saturated heterocycles. The summed E-state index contributed by atoms with van der Waals surface area (Å²) in [6.45, 7) is 8.07. The SMILES string of the molecule is Cc1cnn(CCCNC(=O)c2cccc(Cn3nc(C)c(Br)c3C)c2)c1. The minimum Gasteiger partial charge on any atom is -0.352 e. The van der Waals surface area contributed by atoms with Crippen molar-refractivity contribution in [2.75, 3.05) is 6.54 Å². The number of nitrogens with one attached hydrogen (secondary N) is 1. The molecule has 0 fully saturated rings. The molecule has 6 nitrogen and oxygen atoms in total. The standard InChI is InChI=1S/C20H24BrN5O/c1-14-11-23-25(12-14)9-5-8-22-20(27)18-7-4-6-17(10-18)13-26-16(3)19(21)15(2)24-26/h4,6-7,10-12H,5,8-9,13H2,1-3H3,(H,22,27). The first-order valence-corrected chi connectivity index (χ1v) is 9.79. The van der Waals surface area contributed by atoms with Crippen molar-refractivity contribution < 1.29 is 4.79 Å². The van der Waals surface area contributed by atoms with Gasteiger partial charge in [0.1, 0.15) is 0 Å². The molecule has 142 valence electrons. The predicted octanol–water partition coefficient (Wildman–Crippen LogP) is 3.64. The lowest BCUT2D eigenvalue weighted by molar-refractivity contribution is 0.0952. The minimum atomic E-state index is -0.0527. The highest BCUT2D eigenvalue weighted by atomic mass is 79.9. The molecule has 27 heavy (non-hydrogen) atoms. The second-order valence-corrected chi connectivity index (χ2v) is 7.53. The van der Waals surface area contributed by atoms with Crippen LogP contribution < -0.4 is 5.32 Å². The molecular weight excluding hydrogens is 406 g/mol. The molecule has 2 aromatic heterocycles. The fraction of sp³-hybridized carbons (Fsp3) is 0.350. The molecule has 3 aromatic rings. The van der Waals surface area contributed by atoms with Crippen LogP contribution in [0.2, 0.25) is 0 Å². The number of nitrogens with zero attached hydrogens (tertiary/aromatic N) is 4. The molecule has 7 heteroatoms. The van der Waals surface area contributed by atoms with E-state index in [1.807, 2.05) is 66.8 Å². The second-order valence-electron chi connectivity index (χ2n) is 6.73. The zero-order valence-electron chi connectivity index (χ0n) is 15.9. The van der Waals surface area contributed by atoms with Gasteiger partial charge in [-0.25, -0.2) is 0 Å². The summed E-state index contributed by atoms with van der Waals surface area (Å²) >= 11 is 3.55. The van der Waals surface area contributed by atoms with Gasteiger partial charge in [0, 0.05) is 24.8 Å². The van der Waals surface area contributed by atoms with Gasteiger partial charge >= 0.3 is 0 Å². The van der Waals surface area contributed by atoms with Crippen LogP contribution >= 0.6 is 15.9 Å². The molecule has 0 bridgehead atoms. The van der Waals surface area contributed by atoms with Gasteiger partial charge in [0.2, 0.25) is 0 Å². The molecule has 0 atom stereocenters. The van der Waals surface area contributed by atoms with E-state index < -0.39 is 0 Å². The summed E-state index contributed by atoms with van der Waals surface area (Å²) in [5.74, 6) is -0.0527. The van der Waals surface area contributed by atoms with E-state index in [9.17, 15) is 4.79 Å². The molecule has 1 amide bonds. The van der Waals surface area contributed by atoms with Crippen molar-refractivity contribution in [3.8, 4) is 0 Å². The van der Waals surface area contributed by atoms with E-state index in [4.69, 9.17) is 0 Å². The smallest absolute Gasteiger partial charge is 0.251 e. The molecular formula is C20H24BrN5O. The Hall–Kier alpha value is -2.41. The van der Waals surface area contributed by atoms with Gasteiger partial charge in [-0.3, -0.25) is 14.2 Å². The largest absolute Gasteiger partial charge is 0.352 e. The van der Waals surface area contributed by atoms with Crippen molar-refractivity contribution in [2.24, 2.45) is 0 Å². The third-order valence-corrected chi connectivity index (χ3v) is 5.57. The summed E-state index contributed by atoms with van der Waals surface area (Å²) in [4.78, 5) is 12.4. The Morgan fingerprint density at radius 1 is 1.26 bits per heavy atom. The topological polar surface area (TPSA) is 64.7 Å². The molecule has 1 aromatic carbocycles. The monoisotopic (exact) mass is 429 g/mol. The average molecular weight is 430 g/mol. The number of benzene rings is 1. The van der Waals surface area contributed by atoms with Crippen LogP contribution in [0.3, 0.4) is 0 Å². The highest BCUT2D eigenvalue weighted by molar-refractivity contribution is 9.10. The number of halogens is 1. The van der Waals surface area contributed by atoms with Crippen LogP contribution in [0.5, 0.6) is 0 Å². The first-order chi connectivity index (χ1) is 12.9. The van der Waals surface area contributed by atoms with Crippen molar-refractivity contribution in [1.29, 1.82) is 0 Å². The summed E-state index contributed by atoms with van der Waals surface area (Å²) in [6, 6.07) is 7.70. The lowest BCUT2D eigenvalue weighted by Gasteiger charge is -2.09. The molecule has 0 saturated carbocycles. The van der Waals surface area contributed by atoms with Gasteiger partial charge < -0.3 is 5.32 Å². The summed E-state index contributed by atoms with van der Waals surface area (Å²) in [5.41, 5.74) is 4.91. The van der Waals surface area contributed by atoms with Gasteiger partial charge in [-0.15, -0.1) is 0 Å². The number of aryl methyl sites for hydroxylation is 3. The Morgan fingerprint density at radius 3 is 2.74 bits per heavy atom. The fourth-order valence-corrected chi connectivity index (χ4v) is 3.23. The number of carbonyl (C=O) groups excluding carboxylic acids is 1. The zero-order chi connectivity index (χ0) is 19.4. The predicted molar refractivity (Wildman–Crippen MR) is 109 cm³/mol. The number of hydrogen-bond donors (Lipinski definition) is 1. The van der Waals surface area contributed by atoms with Gasteiger partial charge in [-0.05, 0) is 66.4 Å². The quantitative estimate of drug-likeness (QED) is 0.583. The summed E-state index contributed by atoms with van der Waals surface area (Å²) in [7, 11) is 0. The number of amides is 1. The van der Waals surface area contributed by atoms with Crippen LogP contribution in [-0.4, -0.2) is 32.0 Å². The van der Waals surface area contributed by atoms with Crippen LogP contribution in [0.25, 0.3) is 0 Å². The molecule has 1 N–H and O–H groups in total. The summed E-state index contributed by atoms with van der Waals surface area (Å²) in [6.07, 6.45) is 4.68. The lowest BCUT2D eigenvalue weighted by Crippen LogP contribution is -2.25. The molecule has 0 radical (unpaired) electrons. The van der Waals surface area contributed by atoms with E-state index in [2.05, 4.69) is 31.4 Å². The molecule has 3 rings (SSSR count). The van der Waals surface area contributed by atoms with Crippen LogP contribution in [0.1, 0.15) is 39.3 Å². The Morgan fingerprint density at radius 2 is 2.07 bits per heavy atom. The maximum atomic E-state index is 12.4. The van der Waals surface area contributed by atoms with E-state index in [-0.39, 0.29) is 5.91 Å². The van der Waals surface area contributed by atoms with Gasteiger partial charge in [0.25, 0.3) is 5.91 Å². The van der Waals surface area contributed by atoms with Gasteiger partial charge in [0.15, 0.2) is 0 Å². The van der Waals surface area contributed by atoms with Crippen molar-refractivity contribution in [2.45, 2.75) is 40.3 Å². The fourth-order valence-electron chi connectivity index (χ4n) is 2.95. The first-order valence-electron chi connectivity index (χ1n) is 8.99. The van der Waals surface area contributed by atoms with Crippen molar-refractivity contribution in [1.82, 2.24) is 24.9 Å². The molecule has 0 aliphatic heterocycles. The number of carbonyl (C=O) groups is 1. The van der Waals surface area contributed by atoms with Crippen molar-refractivity contribution in [3.05, 3.63) is 69.2 Å². The van der Waals surface area contributed by atoms with E-state index in [0.717, 1.165) is 40.0 Å². The highest BCUT2D eigenvalue weighted by Gasteiger charge is 2.10. The average Bonchev–Trinajstić information content (AvgIpc) is 3.17. The Bertz CT molecular complexity index is 944. The molecule has 0 aliphatic rings. The van der Waals surface area contributed by atoms with Gasteiger partial charge in [-0.1, -0.05) is 12.1 Å². The van der Waals surface area contributed by atoms with Crippen LogP contribution in [0.4, 0.5) is 0 Å².